The highest BCUT2D eigenvalue weighted by Crippen LogP contribution is 2.32. The van der Waals surface area contributed by atoms with Crippen LogP contribution in [0.3, 0.4) is 0 Å². The van der Waals surface area contributed by atoms with Gasteiger partial charge in [0, 0.05) is 18.1 Å². The molecule has 1 aliphatic heterocycles. The van der Waals surface area contributed by atoms with Gasteiger partial charge in [0.2, 0.25) is 0 Å². The Bertz CT molecular complexity index is 394. The Morgan fingerprint density at radius 1 is 1.41 bits per heavy atom. The zero-order valence-electron chi connectivity index (χ0n) is 11.1. The summed E-state index contributed by atoms with van der Waals surface area (Å²) in [4.78, 5) is 0. The molecule has 5 nitrogen and oxygen atoms in total. The van der Waals surface area contributed by atoms with E-state index >= 15 is 0 Å². The minimum atomic E-state index is -0.0458. The molecule has 96 valence electrons. The summed E-state index contributed by atoms with van der Waals surface area (Å²) in [5.74, 6) is 2.21. The van der Waals surface area contributed by atoms with Crippen molar-refractivity contribution in [2.75, 3.05) is 6.61 Å². The van der Waals surface area contributed by atoms with Crippen molar-refractivity contribution in [3.05, 3.63) is 11.6 Å². The lowest BCUT2D eigenvalue weighted by molar-refractivity contribution is 0.116. The molecule has 0 spiro atoms. The van der Waals surface area contributed by atoms with Gasteiger partial charge in [-0.15, -0.1) is 10.2 Å². The monoisotopic (exact) mass is 238 g/mol. The van der Waals surface area contributed by atoms with Crippen molar-refractivity contribution >= 4 is 0 Å². The van der Waals surface area contributed by atoms with Crippen molar-refractivity contribution in [3.63, 3.8) is 0 Å². The van der Waals surface area contributed by atoms with Crippen molar-refractivity contribution in [3.8, 4) is 0 Å². The van der Waals surface area contributed by atoms with E-state index in [0.717, 1.165) is 24.7 Å². The highest BCUT2D eigenvalue weighted by molar-refractivity contribution is 5.09. The third-order valence-electron chi connectivity index (χ3n) is 3.32. The van der Waals surface area contributed by atoms with E-state index < -0.39 is 0 Å². The van der Waals surface area contributed by atoms with Crippen LogP contribution in [0.4, 0.5) is 0 Å². The predicted octanol–water partition coefficient (Wildman–Crippen LogP) is 1.38. The minimum Gasteiger partial charge on any atom is -0.378 e. The number of hydrogen-bond acceptors (Lipinski definition) is 4. The number of ether oxygens (including phenoxy) is 1. The predicted molar refractivity (Wildman–Crippen MR) is 65.7 cm³/mol. The minimum absolute atomic E-state index is 0.0458. The lowest BCUT2D eigenvalue weighted by Gasteiger charge is -2.27. The van der Waals surface area contributed by atoms with Crippen molar-refractivity contribution < 1.29 is 4.74 Å². The third-order valence-corrected chi connectivity index (χ3v) is 3.32. The molecule has 2 atom stereocenters. The maximum Gasteiger partial charge on any atom is 0.147 e. The first kappa shape index (κ1) is 12.5. The average molecular weight is 238 g/mol. The van der Waals surface area contributed by atoms with Gasteiger partial charge in [-0.2, -0.15) is 0 Å². The van der Waals surface area contributed by atoms with Gasteiger partial charge in [-0.05, 0) is 34.1 Å². The van der Waals surface area contributed by atoms with E-state index in [9.17, 15) is 0 Å². The lowest BCUT2D eigenvalue weighted by atomic mass is 9.99. The van der Waals surface area contributed by atoms with Crippen LogP contribution in [-0.4, -0.2) is 27.5 Å². The van der Waals surface area contributed by atoms with Crippen LogP contribution >= 0.6 is 0 Å². The number of aromatic nitrogens is 3. The van der Waals surface area contributed by atoms with Gasteiger partial charge in [-0.25, -0.2) is 0 Å². The van der Waals surface area contributed by atoms with Crippen LogP contribution in [0.25, 0.3) is 0 Å². The number of nitrogens with two attached hydrogens (primary N) is 1. The zero-order valence-corrected chi connectivity index (χ0v) is 11.1. The Labute approximate surface area is 102 Å². The van der Waals surface area contributed by atoms with E-state index in [1.165, 1.54) is 0 Å². The van der Waals surface area contributed by atoms with Crippen LogP contribution in [0, 0.1) is 0 Å². The molecule has 5 heteroatoms. The molecule has 0 amide bonds. The smallest absolute Gasteiger partial charge is 0.147 e. The second-order valence-corrected chi connectivity index (χ2v) is 5.66. The van der Waals surface area contributed by atoms with Crippen LogP contribution < -0.4 is 5.73 Å². The molecular weight excluding hydrogens is 216 g/mol. The molecule has 0 bridgehead atoms. The Kier molecular flexibility index (Phi) is 3.23. The van der Waals surface area contributed by atoms with E-state index in [4.69, 9.17) is 10.5 Å². The van der Waals surface area contributed by atoms with Crippen LogP contribution in [0.2, 0.25) is 0 Å². The lowest BCUT2D eigenvalue weighted by Crippen LogP contribution is -2.29. The van der Waals surface area contributed by atoms with Gasteiger partial charge in [-0.3, -0.25) is 0 Å². The quantitative estimate of drug-likeness (QED) is 0.845. The van der Waals surface area contributed by atoms with E-state index in [1.54, 1.807) is 0 Å². The van der Waals surface area contributed by atoms with Gasteiger partial charge >= 0.3 is 0 Å². The van der Waals surface area contributed by atoms with Crippen LogP contribution in [0.1, 0.15) is 51.7 Å². The fourth-order valence-corrected chi connectivity index (χ4v) is 2.50. The van der Waals surface area contributed by atoms with Crippen LogP contribution in [-0.2, 0) is 16.8 Å². The molecule has 2 rings (SSSR count). The van der Waals surface area contributed by atoms with Gasteiger partial charge in [0.15, 0.2) is 0 Å². The molecule has 0 saturated carbocycles. The first-order valence-electron chi connectivity index (χ1n) is 6.21. The SMILES string of the molecule is CC1OCCC1c1nnc(CN)n1C(C)(C)C. The number of nitrogens with zero attached hydrogens (tertiary/aromatic N) is 3. The molecule has 2 N–H and O–H groups in total. The molecule has 1 saturated heterocycles. The third kappa shape index (κ3) is 2.21. The van der Waals surface area contributed by atoms with Crippen molar-refractivity contribution in [2.45, 2.75) is 58.2 Å². The molecule has 0 aromatic carbocycles. The van der Waals surface area contributed by atoms with Gasteiger partial charge in [0.1, 0.15) is 11.6 Å². The van der Waals surface area contributed by atoms with Crippen molar-refractivity contribution in [1.82, 2.24) is 14.8 Å². The van der Waals surface area contributed by atoms with Gasteiger partial charge in [0.05, 0.1) is 12.6 Å². The van der Waals surface area contributed by atoms with Crippen molar-refractivity contribution in [1.29, 1.82) is 0 Å². The highest BCUT2D eigenvalue weighted by Gasteiger charge is 2.33. The molecule has 1 aromatic heterocycles. The molecule has 1 aliphatic rings. The van der Waals surface area contributed by atoms with Gasteiger partial charge in [-0.1, -0.05) is 0 Å². The maximum absolute atomic E-state index is 5.74. The molecule has 2 unspecified atom stereocenters. The first-order chi connectivity index (χ1) is 7.95. The summed E-state index contributed by atoms with van der Waals surface area (Å²) < 4.78 is 7.79. The largest absolute Gasteiger partial charge is 0.378 e. The zero-order chi connectivity index (χ0) is 12.6. The van der Waals surface area contributed by atoms with E-state index in [2.05, 4.69) is 42.5 Å². The topological polar surface area (TPSA) is 66.0 Å². The Hall–Kier alpha value is -0.940. The Balaban J connectivity index is 2.44. The highest BCUT2D eigenvalue weighted by atomic mass is 16.5. The summed E-state index contributed by atoms with van der Waals surface area (Å²) in [6.45, 7) is 9.78. The van der Waals surface area contributed by atoms with Gasteiger partial charge in [0.25, 0.3) is 0 Å². The average Bonchev–Trinajstić information content (AvgIpc) is 2.81. The molecule has 17 heavy (non-hydrogen) atoms. The number of hydrogen-bond donors (Lipinski definition) is 1. The Morgan fingerprint density at radius 3 is 2.59 bits per heavy atom. The van der Waals surface area contributed by atoms with E-state index in [1.807, 2.05) is 0 Å². The molecular formula is C12H22N4O. The molecule has 1 fully saturated rings. The Morgan fingerprint density at radius 2 is 2.12 bits per heavy atom. The standard InChI is InChI=1S/C12H22N4O/c1-8-9(5-6-17-8)11-15-14-10(7-13)16(11)12(2,3)4/h8-9H,5-7,13H2,1-4H3. The second-order valence-electron chi connectivity index (χ2n) is 5.66. The molecule has 0 radical (unpaired) electrons. The first-order valence-corrected chi connectivity index (χ1v) is 6.21. The van der Waals surface area contributed by atoms with Gasteiger partial charge < -0.3 is 15.0 Å². The molecule has 2 heterocycles. The van der Waals surface area contributed by atoms with Crippen LogP contribution in [0.5, 0.6) is 0 Å². The molecule has 1 aromatic rings. The summed E-state index contributed by atoms with van der Waals surface area (Å²) in [5.41, 5.74) is 5.69. The maximum atomic E-state index is 5.74. The fraction of sp³-hybridized carbons (Fsp3) is 0.833. The van der Waals surface area contributed by atoms with E-state index in [0.29, 0.717) is 12.5 Å². The van der Waals surface area contributed by atoms with E-state index in [-0.39, 0.29) is 11.6 Å². The summed E-state index contributed by atoms with van der Waals surface area (Å²) in [6.07, 6.45) is 1.23. The summed E-state index contributed by atoms with van der Waals surface area (Å²) in [5, 5.41) is 8.55. The summed E-state index contributed by atoms with van der Waals surface area (Å²) in [6, 6.07) is 0. The second kappa shape index (κ2) is 4.38. The normalized spacial score (nSPS) is 25.5. The summed E-state index contributed by atoms with van der Waals surface area (Å²) in [7, 11) is 0. The summed E-state index contributed by atoms with van der Waals surface area (Å²) >= 11 is 0. The van der Waals surface area contributed by atoms with Crippen LogP contribution in [0.15, 0.2) is 0 Å². The fourth-order valence-electron chi connectivity index (χ4n) is 2.50. The molecule has 0 aliphatic carbocycles. The van der Waals surface area contributed by atoms with Crippen molar-refractivity contribution in [2.24, 2.45) is 5.73 Å². The number of rotatable bonds is 2.